The number of nitrogens with one attached hydrogen (secondary N) is 1. The first-order valence-corrected chi connectivity index (χ1v) is 8.83. The van der Waals surface area contributed by atoms with Crippen molar-refractivity contribution in [3.8, 4) is 11.3 Å². The highest BCUT2D eigenvalue weighted by atomic mass is 35.5. The van der Waals surface area contributed by atoms with E-state index in [9.17, 15) is 9.18 Å². The molecule has 3 N–H and O–H groups in total. The molecule has 1 heterocycles. The van der Waals surface area contributed by atoms with Gasteiger partial charge < -0.3 is 10.6 Å². The molecule has 1 aromatic carbocycles. The molecule has 0 radical (unpaired) electrons. The molecule has 1 aromatic heterocycles. The predicted octanol–water partition coefficient (Wildman–Crippen LogP) is 3.30. The Morgan fingerprint density at radius 3 is 2.77 bits per heavy atom. The van der Waals surface area contributed by atoms with E-state index in [-0.39, 0.29) is 24.1 Å². The fourth-order valence-electron chi connectivity index (χ4n) is 2.96. The number of unbranched alkanes of at least 4 members (excludes halogenated alkanes) is 2. The van der Waals surface area contributed by atoms with Gasteiger partial charge in [0.05, 0.1) is 11.2 Å². The number of amides is 1. The molecule has 0 saturated heterocycles. The lowest BCUT2D eigenvalue weighted by molar-refractivity contribution is -0.132. The Bertz CT molecular complexity index is 745. The molecule has 0 atom stereocenters. The van der Waals surface area contributed by atoms with Gasteiger partial charge in [-0.3, -0.25) is 9.89 Å². The second-order valence-electron chi connectivity index (χ2n) is 6.98. The monoisotopic (exact) mass is 380 g/mol. The van der Waals surface area contributed by atoms with Crippen LogP contribution in [-0.4, -0.2) is 40.1 Å². The molecule has 0 bridgehead atoms. The van der Waals surface area contributed by atoms with Crippen molar-refractivity contribution in [3.63, 3.8) is 0 Å². The third-order valence-electron chi connectivity index (χ3n) is 4.75. The molecule has 7 heteroatoms. The van der Waals surface area contributed by atoms with E-state index in [1.165, 1.54) is 12.1 Å². The van der Waals surface area contributed by atoms with Gasteiger partial charge in [0.25, 0.3) is 0 Å². The fraction of sp³-hybridized carbons (Fsp3) is 0.474. The summed E-state index contributed by atoms with van der Waals surface area (Å²) >= 11 is 0. The van der Waals surface area contributed by atoms with Gasteiger partial charge in [-0.25, -0.2) is 4.39 Å². The van der Waals surface area contributed by atoms with Crippen molar-refractivity contribution in [2.45, 2.75) is 44.1 Å². The second kappa shape index (κ2) is 8.64. The van der Waals surface area contributed by atoms with Gasteiger partial charge in [0, 0.05) is 24.8 Å². The first-order chi connectivity index (χ1) is 12.0. The Morgan fingerprint density at radius 2 is 2.08 bits per heavy atom. The number of H-pyrrole nitrogens is 1. The number of rotatable bonds is 8. The van der Waals surface area contributed by atoms with Crippen LogP contribution in [0.1, 0.15) is 37.8 Å². The molecule has 3 rings (SSSR count). The minimum absolute atomic E-state index is 0. The van der Waals surface area contributed by atoms with Gasteiger partial charge in [0.15, 0.2) is 0 Å². The molecular formula is C19H26ClFN4O. The predicted molar refractivity (Wildman–Crippen MR) is 103 cm³/mol. The number of aromatic amines is 1. The summed E-state index contributed by atoms with van der Waals surface area (Å²) in [6.07, 6.45) is 5.52. The summed E-state index contributed by atoms with van der Waals surface area (Å²) < 4.78 is 13.3. The number of hydrogen-bond donors (Lipinski definition) is 2. The largest absolute Gasteiger partial charge is 0.344 e. The van der Waals surface area contributed by atoms with E-state index < -0.39 is 5.54 Å². The van der Waals surface area contributed by atoms with Crippen LogP contribution in [0.25, 0.3) is 11.3 Å². The van der Waals surface area contributed by atoms with E-state index in [2.05, 4.69) is 10.2 Å². The molecule has 1 aliphatic carbocycles. The fourth-order valence-corrected chi connectivity index (χ4v) is 2.96. The van der Waals surface area contributed by atoms with E-state index in [0.29, 0.717) is 0 Å². The topological polar surface area (TPSA) is 75.0 Å². The van der Waals surface area contributed by atoms with Crippen molar-refractivity contribution < 1.29 is 9.18 Å². The normalized spacial score (nSPS) is 14.6. The maximum absolute atomic E-state index is 13.3. The molecule has 1 fully saturated rings. The molecule has 0 aliphatic heterocycles. The minimum atomic E-state index is -0.571. The van der Waals surface area contributed by atoms with E-state index >= 15 is 0 Å². The van der Waals surface area contributed by atoms with Crippen molar-refractivity contribution in [1.29, 1.82) is 0 Å². The molecule has 0 unspecified atom stereocenters. The summed E-state index contributed by atoms with van der Waals surface area (Å²) in [5.41, 5.74) is 7.94. The number of nitrogens with zero attached hydrogens (tertiary/aromatic N) is 2. The van der Waals surface area contributed by atoms with Crippen molar-refractivity contribution in [2.75, 3.05) is 13.6 Å². The summed E-state index contributed by atoms with van der Waals surface area (Å²) in [6, 6.07) is 8.41. The van der Waals surface area contributed by atoms with Crippen LogP contribution in [0.2, 0.25) is 0 Å². The Hall–Kier alpha value is -1.92. The lowest BCUT2D eigenvalue weighted by atomic mass is 10.1. The van der Waals surface area contributed by atoms with Crippen molar-refractivity contribution >= 4 is 18.3 Å². The van der Waals surface area contributed by atoms with Gasteiger partial charge in [-0.2, -0.15) is 5.10 Å². The smallest absolute Gasteiger partial charge is 0.242 e. The number of benzene rings is 1. The number of carbonyl (C=O) groups excluding carboxylic acids is 1. The zero-order chi connectivity index (χ0) is 17.9. The summed E-state index contributed by atoms with van der Waals surface area (Å²) in [5, 5.41) is 7.27. The van der Waals surface area contributed by atoms with Crippen LogP contribution >= 0.6 is 12.4 Å². The zero-order valence-electron chi connectivity index (χ0n) is 15.0. The van der Waals surface area contributed by atoms with E-state index in [4.69, 9.17) is 5.73 Å². The summed E-state index contributed by atoms with van der Waals surface area (Å²) in [5.74, 6) is -0.188. The Morgan fingerprint density at radius 1 is 1.31 bits per heavy atom. The SMILES string of the molecule is CN(CCCCCc1cc(-c2cccc(F)c2)n[nH]1)C(=O)C1(N)CC1.Cl. The minimum Gasteiger partial charge on any atom is -0.344 e. The maximum Gasteiger partial charge on any atom is 0.242 e. The van der Waals surface area contributed by atoms with Crippen LogP contribution in [0.5, 0.6) is 0 Å². The highest BCUT2D eigenvalue weighted by Crippen LogP contribution is 2.33. The lowest BCUT2D eigenvalue weighted by Gasteiger charge is -2.20. The quantitative estimate of drug-likeness (QED) is 0.690. The number of aryl methyl sites for hydroxylation is 1. The highest BCUT2D eigenvalue weighted by molar-refractivity contribution is 5.88. The lowest BCUT2D eigenvalue weighted by Crippen LogP contribution is -2.44. The van der Waals surface area contributed by atoms with Crippen LogP contribution < -0.4 is 5.73 Å². The molecule has 5 nitrogen and oxygen atoms in total. The zero-order valence-corrected chi connectivity index (χ0v) is 15.8. The van der Waals surface area contributed by atoms with Crippen LogP contribution in [0, 0.1) is 5.82 Å². The van der Waals surface area contributed by atoms with E-state index in [1.807, 2.05) is 19.2 Å². The average molecular weight is 381 g/mol. The van der Waals surface area contributed by atoms with Crippen molar-refractivity contribution in [3.05, 3.63) is 41.8 Å². The van der Waals surface area contributed by atoms with Crippen LogP contribution in [0.4, 0.5) is 4.39 Å². The molecule has 142 valence electrons. The number of hydrogen-bond acceptors (Lipinski definition) is 3. The van der Waals surface area contributed by atoms with Crippen molar-refractivity contribution in [1.82, 2.24) is 15.1 Å². The Labute approximate surface area is 159 Å². The number of halogens is 2. The van der Waals surface area contributed by atoms with Gasteiger partial charge in [-0.1, -0.05) is 18.6 Å². The summed E-state index contributed by atoms with van der Waals surface area (Å²) in [7, 11) is 1.83. The highest BCUT2D eigenvalue weighted by Gasteiger charge is 2.47. The Balaban J connectivity index is 0.00000243. The first-order valence-electron chi connectivity index (χ1n) is 8.83. The molecular weight excluding hydrogens is 355 g/mol. The third kappa shape index (κ3) is 5.05. The molecule has 1 saturated carbocycles. The Kier molecular flexibility index (Phi) is 6.78. The van der Waals surface area contributed by atoms with E-state index in [0.717, 1.165) is 62.0 Å². The van der Waals surface area contributed by atoms with Crippen LogP contribution in [0.3, 0.4) is 0 Å². The van der Waals surface area contributed by atoms with Gasteiger partial charge in [0.2, 0.25) is 5.91 Å². The van der Waals surface area contributed by atoms with Crippen LogP contribution in [-0.2, 0) is 11.2 Å². The van der Waals surface area contributed by atoms with Gasteiger partial charge in [-0.15, -0.1) is 12.4 Å². The van der Waals surface area contributed by atoms with E-state index in [1.54, 1.807) is 11.0 Å². The molecule has 1 aliphatic rings. The van der Waals surface area contributed by atoms with Gasteiger partial charge in [-0.05, 0) is 50.3 Å². The average Bonchev–Trinajstić information content (AvgIpc) is 3.17. The standard InChI is InChI=1S/C19H25FN4O.ClH/c1-24(18(25)19(21)9-10-19)11-4-2-3-8-16-13-17(23-22-16)14-6-5-7-15(20)12-14;/h5-7,12-13H,2-4,8-11,21H2,1H3,(H,22,23);1H. The molecule has 26 heavy (non-hydrogen) atoms. The third-order valence-corrected chi connectivity index (χ3v) is 4.75. The second-order valence-corrected chi connectivity index (χ2v) is 6.98. The van der Waals surface area contributed by atoms with Gasteiger partial charge in [0.1, 0.15) is 5.82 Å². The van der Waals surface area contributed by atoms with Crippen LogP contribution in [0.15, 0.2) is 30.3 Å². The number of aromatic nitrogens is 2. The number of carbonyl (C=O) groups is 1. The van der Waals surface area contributed by atoms with Gasteiger partial charge >= 0.3 is 0 Å². The number of likely N-dealkylation sites (N-methyl/N-ethyl adjacent to an activating group) is 1. The number of nitrogens with two attached hydrogens (primary N) is 1. The summed E-state index contributed by atoms with van der Waals surface area (Å²) in [6.45, 7) is 0.745. The molecule has 0 spiro atoms. The molecule has 2 aromatic rings. The first kappa shape index (κ1) is 20.4. The van der Waals surface area contributed by atoms with Crippen molar-refractivity contribution in [2.24, 2.45) is 5.73 Å². The maximum atomic E-state index is 13.3. The molecule has 1 amide bonds. The summed E-state index contributed by atoms with van der Waals surface area (Å²) in [4.78, 5) is 13.8.